The van der Waals surface area contributed by atoms with Crippen molar-refractivity contribution >= 4 is 32.8 Å². The van der Waals surface area contributed by atoms with Gasteiger partial charge in [0, 0.05) is 23.0 Å². The summed E-state index contributed by atoms with van der Waals surface area (Å²) in [5.41, 5.74) is 20.5. The molecule has 0 aliphatic rings. The summed E-state index contributed by atoms with van der Waals surface area (Å²) in [4.78, 5) is 4.96. The SMILES string of the molecule is CC(C)(C)c1cccc(-c2cc(C(C)(C)C)cc(-c3cccc(C(C)(C)C)c3)c2-[n+]2[c-]n(-c3cccc(Oc4ccc5c6ccccc6n(-c6cc(C(C)(C)C)ccn6)c5c4)c3)c3cc(-c4cc(C(C)(C)C)cc(C(C)(C)C)c4)ccc32)c1. The highest BCUT2D eigenvalue weighted by Crippen LogP contribution is 2.43. The Bertz CT molecular complexity index is 4180. The number of hydrogen-bond donors (Lipinski definition) is 0. The number of fused-ring (bicyclic) bond motifs is 4. The molecule has 11 rings (SSSR count). The van der Waals surface area contributed by atoms with E-state index < -0.39 is 0 Å². The summed E-state index contributed by atoms with van der Waals surface area (Å²) in [5.74, 6) is 2.34. The standard InChI is InChI=1S/C78H84N4O/c1-73(2,3)54-26-21-24-51(38-54)65-44-59(78(16,17)18)45-66(52-25-22-27-55(39-52)74(4,5)6)72(65)81-49-80(70-42-50(32-35-68(70)81)53-40-57(76(10,11)12)43-58(41-53)77(13,14)15)60-28-23-29-61(47-60)83-62-33-34-64-63-30-19-20-31-67(63)82(69(64)48-62)71-46-56(36-37-79-71)75(7,8)9/h19-48H,1-18H3. The number of imidazole rings is 1. The van der Waals surface area contributed by atoms with Crippen LogP contribution in [0.15, 0.2) is 182 Å². The molecule has 0 bridgehead atoms. The highest BCUT2D eigenvalue weighted by Gasteiger charge is 2.28. The first kappa shape index (κ1) is 56.8. The van der Waals surface area contributed by atoms with Gasteiger partial charge in [0.1, 0.15) is 17.3 Å². The Hall–Kier alpha value is -8.02. The second-order valence-corrected chi connectivity index (χ2v) is 29.4. The molecule has 422 valence electrons. The molecule has 8 aromatic carbocycles. The van der Waals surface area contributed by atoms with E-state index in [1.807, 2.05) is 6.20 Å². The van der Waals surface area contributed by atoms with Crippen LogP contribution in [0.3, 0.4) is 0 Å². The lowest BCUT2D eigenvalue weighted by molar-refractivity contribution is -0.571. The number of hydrogen-bond acceptors (Lipinski definition) is 2. The van der Waals surface area contributed by atoms with Gasteiger partial charge in [-0.05, 0) is 154 Å². The van der Waals surface area contributed by atoms with E-state index in [1.54, 1.807) is 0 Å². The second kappa shape index (κ2) is 20.4. The van der Waals surface area contributed by atoms with Crippen LogP contribution in [0.2, 0.25) is 0 Å². The fourth-order valence-corrected chi connectivity index (χ4v) is 11.5. The van der Waals surface area contributed by atoms with E-state index in [0.717, 1.165) is 72.8 Å². The molecular formula is C78H84N4O. The molecule has 0 saturated carbocycles. The normalized spacial score (nSPS) is 12.9. The molecule has 0 aliphatic carbocycles. The Morgan fingerprint density at radius 1 is 0.373 bits per heavy atom. The summed E-state index contributed by atoms with van der Waals surface area (Å²) in [6.45, 7) is 41.4. The van der Waals surface area contributed by atoms with Crippen LogP contribution in [-0.4, -0.2) is 14.1 Å². The number of nitrogens with zero attached hydrogens (tertiary/aromatic N) is 4. The van der Waals surface area contributed by atoms with Crippen molar-refractivity contribution in [2.24, 2.45) is 0 Å². The van der Waals surface area contributed by atoms with Crippen LogP contribution in [-0.2, 0) is 32.5 Å². The molecule has 0 atom stereocenters. The predicted octanol–water partition coefficient (Wildman–Crippen LogP) is 20.8. The molecule has 0 fully saturated rings. The molecule has 3 aromatic heterocycles. The Morgan fingerprint density at radius 3 is 1.48 bits per heavy atom. The fourth-order valence-electron chi connectivity index (χ4n) is 11.5. The van der Waals surface area contributed by atoms with E-state index in [1.165, 1.54) is 55.5 Å². The van der Waals surface area contributed by atoms with Crippen LogP contribution in [0.4, 0.5) is 0 Å². The molecule has 83 heavy (non-hydrogen) atoms. The molecule has 0 N–H and O–H groups in total. The highest BCUT2D eigenvalue weighted by molar-refractivity contribution is 6.09. The minimum atomic E-state index is -0.147. The van der Waals surface area contributed by atoms with Gasteiger partial charge in [0.25, 0.3) is 6.33 Å². The average Bonchev–Trinajstić information content (AvgIpc) is 2.59. The summed E-state index contributed by atoms with van der Waals surface area (Å²) in [6.07, 6.45) is 6.01. The van der Waals surface area contributed by atoms with Gasteiger partial charge in [-0.2, -0.15) is 0 Å². The van der Waals surface area contributed by atoms with Gasteiger partial charge in [-0.15, -0.1) is 0 Å². The van der Waals surface area contributed by atoms with Gasteiger partial charge in [0.2, 0.25) is 0 Å². The highest BCUT2D eigenvalue weighted by atomic mass is 16.5. The minimum Gasteiger partial charge on any atom is -0.458 e. The van der Waals surface area contributed by atoms with Crippen molar-refractivity contribution in [2.45, 2.75) is 157 Å². The molecule has 11 aromatic rings. The van der Waals surface area contributed by atoms with Gasteiger partial charge >= 0.3 is 0 Å². The van der Waals surface area contributed by atoms with Crippen LogP contribution in [0.5, 0.6) is 11.5 Å². The average molecular weight is 1090 g/mol. The molecule has 3 heterocycles. The summed E-state index contributed by atoms with van der Waals surface area (Å²) < 4.78 is 13.9. The maximum absolute atomic E-state index is 7.01. The number of rotatable bonds is 8. The smallest absolute Gasteiger partial charge is 0.269 e. The third kappa shape index (κ3) is 11.2. The lowest BCUT2D eigenvalue weighted by Gasteiger charge is -2.27. The number of aromatic nitrogens is 4. The van der Waals surface area contributed by atoms with Crippen LogP contribution in [0, 0.1) is 6.33 Å². The van der Waals surface area contributed by atoms with Gasteiger partial charge in [-0.3, -0.25) is 13.7 Å². The van der Waals surface area contributed by atoms with Crippen LogP contribution in [0.25, 0.3) is 83.4 Å². The van der Waals surface area contributed by atoms with Crippen LogP contribution < -0.4 is 9.30 Å². The Labute approximate surface area is 494 Å². The van der Waals surface area contributed by atoms with Gasteiger partial charge in [0.15, 0.2) is 0 Å². The van der Waals surface area contributed by atoms with Crippen molar-refractivity contribution in [3.8, 4) is 62.1 Å². The van der Waals surface area contributed by atoms with Crippen LogP contribution >= 0.6 is 0 Å². The molecule has 0 saturated heterocycles. The summed E-state index contributed by atoms with van der Waals surface area (Å²) in [6, 6.07) is 65.4. The lowest BCUT2D eigenvalue weighted by Crippen LogP contribution is -2.32. The quantitative estimate of drug-likeness (QED) is 0.112. The zero-order valence-electron chi connectivity index (χ0n) is 52.5. The van der Waals surface area contributed by atoms with E-state index in [-0.39, 0.29) is 32.5 Å². The summed E-state index contributed by atoms with van der Waals surface area (Å²) >= 11 is 0. The molecule has 0 unspecified atom stereocenters. The fraction of sp³-hybridized carbons (Fsp3) is 0.308. The van der Waals surface area contributed by atoms with Crippen molar-refractivity contribution < 1.29 is 9.30 Å². The topological polar surface area (TPSA) is 35.9 Å². The zero-order valence-corrected chi connectivity index (χ0v) is 52.5. The molecule has 0 spiro atoms. The molecule has 5 nitrogen and oxygen atoms in total. The van der Waals surface area contributed by atoms with Gasteiger partial charge in [-0.1, -0.05) is 240 Å². The van der Waals surface area contributed by atoms with Gasteiger partial charge < -0.3 is 4.74 Å². The molecular weight excluding hydrogens is 1010 g/mol. The maximum Gasteiger partial charge on any atom is 0.269 e. The zero-order chi connectivity index (χ0) is 59.3. The first-order valence-electron chi connectivity index (χ1n) is 29.8. The Kier molecular flexibility index (Phi) is 14.0. The van der Waals surface area contributed by atoms with Crippen molar-refractivity contribution in [3.63, 3.8) is 0 Å². The number of para-hydroxylation sites is 1. The Balaban J connectivity index is 1.16. The Morgan fingerprint density at radius 2 is 0.892 bits per heavy atom. The van der Waals surface area contributed by atoms with Crippen molar-refractivity contribution in [2.75, 3.05) is 0 Å². The molecule has 0 aliphatic heterocycles. The first-order valence-corrected chi connectivity index (χ1v) is 29.8. The van der Waals surface area contributed by atoms with E-state index in [0.29, 0.717) is 0 Å². The van der Waals surface area contributed by atoms with E-state index in [2.05, 4.69) is 321 Å². The van der Waals surface area contributed by atoms with E-state index in [9.17, 15) is 0 Å². The predicted molar refractivity (Wildman–Crippen MR) is 351 cm³/mol. The molecule has 0 amide bonds. The summed E-state index contributed by atoms with van der Waals surface area (Å²) in [5, 5.41) is 2.32. The molecule has 0 radical (unpaired) electrons. The number of benzene rings is 8. The van der Waals surface area contributed by atoms with Crippen molar-refractivity contribution in [3.05, 3.63) is 222 Å². The lowest BCUT2D eigenvalue weighted by atomic mass is 9.79. The first-order chi connectivity index (χ1) is 38.9. The molecule has 5 heteroatoms. The monoisotopic (exact) mass is 1090 g/mol. The van der Waals surface area contributed by atoms with E-state index >= 15 is 0 Å². The van der Waals surface area contributed by atoms with Gasteiger partial charge in [0.05, 0.1) is 33.4 Å². The van der Waals surface area contributed by atoms with Gasteiger partial charge in [-0.25, -0.2) is 4.98 Å². The summed E-state index contributed by atoms with van der Waals surface area (Å²) in [7, 11) is 0. The van der Waals surface area contributed by atoms with E-state index in [4.69, 9.17) is 9.72 Å². The van der Waals surface area contributed by atoms with Crippen LogP contribution in [0.1, 0.15) is 158 Å². The van der Waals surface area contributed by atoms with Crippen molar-refractivity contribution in [1.82, 2.24) is 14.1 Å². The van der Waals surface area contributed by atoms with Crippen molar-refractivity contribution in [1.29, 1.82) is 0 Å². The maximum atomic E-state index is 7.01. The third-order valence-electron chi connectivity index (χ3n) is 16.7. The number of ether oxygens (including phenoxy) is 1. The minimum absolute atomic E-state index is 0.0380. The number of pyridine rings is 1. The largest absolute Gasteiger partial charge is 0.458 e. The third-order valence-corrected chi connectivity index (χ3v) is 16.7. The second-order valence-electron chi connectivity index (χ2n) is 29.4.